The van der Waals surface area contributed by atoms with Crippen molar-refractivity contribution >= 4 is 17.9 Å². The lowest BCUT2D eigenvalue weighted by Crippen LogP contribution is -2.29. The van der Waals surface area contributed by atoms with E-state index in [-0.39, 0.29) is 18.3 Å². The van der Waals surface area contributed by atoms with Crippen molar-refractivity contribution in [2.45, 2.75) is 18.9 Å². The Kier molecular flexibility index (Phi) is 5.60. The van der Waals surface area contributed by atoms with Crippen LogP contribution in [-0.2, 0) is 4.79 Å². The van der Waals surface area contributed by atoms with Crippen molar-refractivity contribution < 1.29 is 9.90 Å². The maximum absolute atomic E-state index is 10.7. The molecular weight excluding hydrogens is 200 g/mol. The predicted octanol–water partition coefficient (Wildman–Crippen LogP) is -2.23. The number of hydrogen-bond acceptors (Lipinski definition) is 3. The van der Waals surface area contributed by atoms with Gasteiger partial charge in [0.1, 0.15) is 0 Å². The number of aliphatic imine (C=N–C) groups is 2. The molecule has 0 aliphatic rings. The van der Waals surface area contributed by atoms with E-state index in [1.54, 1.807) is 0 Å². The number of carboxylic acids is 1. The molecule has 0 radical (unpaired) electrons. The zero-order chi connectivity index (χ0) is 11.8. The number of hydrogen-bond donors (Lipinski definition) is 5. The summed E-state index contributed by atoms with van der Waals surface area (Å²) in [6.45, 7) is 0.353. The van der Waals surface area contributed by atoms with E-state index in [9.17, 15) is 4.79 Å². The molecule has 8 nitrogen and oxygen atoms in total. The largest absolute Gasteiger partial charge is 0.480 e. The number of nitrogens with zero attached hydrogens (tertiary/aromatic N) is 2. The smallest absolute Gasteiger partial charge is 0.328 e. The molecule has 8 heteroatoms. The first-order valence-electron chi connectivity index (χ1n) is 4.30. The Morgan fingerprint density at radius 2 is 1.80 bits per heavy atom. The average molecular weight is 216 g/mol. The van der Waals surface area contributed by atoms with Gasteiger partial charge in [-0.25, -0.2) is 9.79 Å². The number of carbonyl (C=O) groups is 1. The quantitative estimate of drug-likeness (QED) is 0.191. The van der Waals surface area contributed by atoms with Crippen LogP contribution in [-0.4, -0.2) is 35.6 Å². The lowest BCUT2D eigenvalue weighted by Gasteiger charge is -2.06. The van der Waals surface area contributed by atoms with Gasteiger partial charge in [-0.15, -0.1) is 0 Å². The van der Waals surface area contributed by atoms with Gasteiger partial charge < -0.3 is 28.0 Å². The summed E-state index contributed by atoms with van der Waals surface area (Å²) in [4.78, 5) is 17.9. The van der Waals surface area contributed by atoms with E-state index in [0.29, 0.717) is 13.0 Å². The molecule has 86 valence electrons. The third-order valence-corrected chi connectivity index (χ3v) is 1.52. The maximum Gasteiger partial charge on any atom is 0.328 e. The molecule has 0 rings (SSSR count). The standard InChI is InChI=1S/C7H16N6O2/c8-6(9)12-3-1-2-4(5(14)15)13-7(10)11/h4H,1-3H2,(H,14,15)(H4,8,9,12)(H4,10,11,13)/t4-/m0/s1. The SMILES string of the molecule is NC(N)=NCCC[C@H](N=C(N)N)C(=O)O. The second kappa shape index (κ2) is 6.46. The molecule has 1 atom stereocenters. The van der Waals surface area contributed by atoms with Gasteiger partial charge in [-0.1, -0.05) is 0 Å². The minimum atomic E-state index is -1.08. The lowest BCUT2D eigenvalue weighted by molar-refractivity contribution is -0.138. The van der Waals surface area contributed by atoms with Gasteiger partial charge in [0.2, 0.25) is 0 Å². The maximum atomic E-state index is 10.7. The zero-order valence-electron chi connectivity index (χ0n) is 8.26. The van der Waals surface area contributed by atoms with Crippen LogP contribution in [0, 0.1) is 0 Å². The van der Waals surface area contributed by atoms with Gasteiger partial charge in [0.15, 0.2) is 18.0 Å². The fourth-order valence-corrected chi connectivity index (χ4v) is 0.916. The highest BCUT2D eigenvalue weighted by atomic mass is 16.4. The molecule has 0 amide bonds. The molecule has 0 unspecified atom stereocenters. The van der Waals surface area contributed by atoms with Gasteiger partial charge >= 0.3 is 5.97 Å². The van der Waals surface area contributed by atoms with Crippen LogP contribution < -0.4 is 22.9 Å². The van der Waals surface area contributed by atoms with Crippen LogP contribution in [0.25, 0.3) is 0 Å². The minimum absolute atomic E-state index is 0.0243. The molecular formula is C7H16N6O2. The Morgan fingerprint density at radius 3 is 2.20 bits per heavy atom. The third-order valence-electron chi connectivity index (χ3n) is 1.52. The second-order valence-electron chi connectivity index (χ2n) is 2.86. The predicted molar refractivity (Wildman–Crippen MR) is 57.1 cm³/mol. The molecule has 0 spiro atoms. The summed E-state index contributed by atoms with van der Waals surface area (Å²) in [7, 11) is 0. The fourth-order valence-electron chi connectivity index (χ4n) is 0.916. The lowest BCUT2D eigenvalue weighted by atomic mass is 10.1. The van der Waals surface area contributed by atoms with Crippen LogP contribution in [0.1, 0.15) is 12.8 Å². The Labute approximate surface area is 87.0 Å². The molecule has 15 heavy (non-hydrogen) atoms. The van der Waals surface area contributed by atoms with E-state index >= 15 is 0 Å². The molecule has 0 heterocycles. The van der Waals surface area contributed by atoms with E-state index in [2.05, 4.69) is 9.98 Å². The van der Waals surface area contributed by atoms with Crippen molar-refractivity contribution in [3.05, 3.63) is 0 Å². The van der Waals surface area contributed by atoms with E-state index in [1.165, 1.54) is 0 Å². The molecule has 0 aromatic heterocycles. The van der Waals surface area contributed by atoms with Crippen LogP contribution in [0.4, 0.5) is 0 Å². The Balaban J connectivity index is 4.04. The topological polar surface area (TPSA) is 166 Å². The average Bonchev–Trinajstić information content (AvgIpc) is 2.08. The summed E-state index contributed by atoms with van der Waals surface area (Å²) in [5, 5.41) is 8.73. The normalized spacial score (nSPS) is 11.5. The van der Waals surface area contributed by atoms with E-state index in [0.717, 1.165) is 0 Å². The summed E-state index contributed by atoms with van der Waals surface area (Å²) in [6, 6.07) is -0.941. The number of nitrogens with two attached hydrogens (primary N) is 4. The highest BCUT2D eigenvalue weighted by Gasteiger charge is 2.15. The molecule has 0 saturated carbocycles. The molecule has 0 aliphatic heterocycles. The van der Waals surface area contributed by atoms with Gasteiger partial charge in [0.25, 0.3) is 0 Å². The van der Waals surface area contributed by atoms with Crippen LogP contribution in [0.2, 0.25) is 0 Å². The number of guanidine groups is 2. The highest BCUT2D eigenvalue weighted by molar-refractivity contribution is 5.81. The number of rotatable bonds is 6. The van der Waals surface area contributed by atoms with Crippen molar-refractivity contribution in [3.8, 4) is 0 Å². The van der Waals surface area contributed by atoms with Gasteiger partial charge in [0, 0.05) is 6.54 Å². The third kappa shape index (κ3) is 7.11. The molecule has 0 aliphatic carbocycles. The van der Waals surface area contributed by atoms with E-state index in [4.69, 9.17) is 28.0 Å². The van der Waals surface area contributed by atoms with Crippen molar-refractivity contribution in [2.24, 2.45) is 32.9 Å². The van der Waals surface area contributed by atoms with Crippen LogP contribution in [0.3, 0.4) is 0 Å². The molecule has 0 bridgehead atoms. The molecule has 9 N–H and O–H groups in total. The summed E-state index contributed by atoms with van der Waals surface area (Å²) in [5.74, 6) is -1.35. The summed E-state index contributed by atoms with van der Waals surface area (Å²) in [6.07, 6.45) is 0.773. The van der Waals surface area contributed by atoms with Crippen LogP contribution >= 0.6 is 0 Å². The number of aliphatic carboxylic acids is 1. The van der Waals surface area contributed by atoms with Crippen molar-refractivity contribution in [1.29, 1.82) is 0 Å². The number of carboxylic acid groups (broad SMARTS) is 1. The second-order valence-corrected chi connectivity index (χ2v) is 2.86. The van der Waals surface area contributed by atoms with E-state index in [1.807, 2.05) is 0 Å². The molecule has 0 fully saturated rings. The van der Waals surface area contributed by atoms with Gasteiger partial charge in [-0.05, 0) is 12.8 Å². The Morgan fingerprint density at radius 1 is 1.20 bits per heavy atom. The first kappa shape index (κ1) is 13.0. The Hall–Kier alpha value is -1.99. The molecule has 0 aromatic carbocycles. The summed E-state index contributed by atoms with van der Waals surface area (Å²) >= 11 is 0. The zero-order valence-corrected chi connectivity index (χ0v) is 8.26. The van der Waals surface area contributed by atoms with Crippen molar-refractivity contribution in [2.75, 3.05) is 6.54 Å². The van der Waals surface area contributed by atoms with Crippen molar-refractivity contribution in [3.63, 3.8) is 0 Å². The van der Waals surface area contributed by atoms with Crippen LogP contribution in [0.5, 0.6) is 0 Å². The summed E-state index contributed by atoms with van der Waals surface area (Å²) < 4.78 is 0. The molecule has 0 saturated heterocycles. The van der Waals surface area contributed by atoms with Crippen LogP contribution in [0.15, 0.2) is 9.98 Å². The minimum Gasteiger partial charge on any atom is -0.480 e. The molecule has 0 aromatic rings. The van der Waals surface area contributed by atoms with E-state index < -0.39 is 12.0 Å². The van der Waals surface area contributed by atoms with Gasteiger partial charge in [-0.2, -0.15) is 0 Å². The highest BCUT2D eigenvalue weighted by Crippen LogP contribution is 2.02. The fraction of sp³-hybridized carbons (Fsp3) is 0.571. The monoisotopic (exact) mass is 216 g/mol. The summed E-state index contributed by atoms with van der Waals surface area (Å²) in [5.41, 5.74) is 20.3. The Bertz CT molecular complexity index is 267. The van der Waals surface area contributed by atoms with Crippen molar-refractivity contribution in [1.82, 2.24) is 0 Å². The van der Waals surface area contributed by atoms with Gasteiger partial charge in [0.05, 0.1) is 0 Å². The van der Waals surface area contributed by atoms with Gasteiger partial charge in [-0.3, -0.25) is 4.99 Å². The first-order chi connectivity index (χ1) is 6.93. The first-order valence-corrected chi connectivity index (χ1v) is 4.30.